The highest BCUT2D eigenvalue weighted by molar-refractivity contribution is 5.94. The molecule has 1 aromatic carbocycles. The summed E-state index contributed by atoms with van der Waals surface area (Å²) in [4.78, 5) is 11.5. The Morgan fingerprint density at radius 2 is 1.38 bits per heavy atom. The van der Waals surface area contributed by atoms with Gasteiger partial charge in [-0.3, -0.25) is 4.79 Å². The first kappa shape index (κ1) is 13.0. The fraction of sp³-hybridized carbons (Fsp3) is 0.533. The van der Waals surface area contributed by atoms with E-state index in [2.05, 4.69) is 34.6 Å². The van der Waals surface area contributed by atoms with E-state index in [1.807, 2.05) is 12.1 Å². The predicted octanol–water partition coefficient (Wildman–Crippen LogP) is 4.44. The summed E-state index contributed by atoms with van der Waals surface area (Å²) in [6.45, 7) is 12.5. The molecule has 16 heavy (non-hydrogen) atoms. The van der Waals surface area contributed by atoms with E-state index in [0.29, 0.717) is 11.8 Å². The number of hydrogen-bond acceptors (Lipinski definition) is 1. The standard InChI is InChI=1S/C15H22O/c1-9(2)14-7-13(12(6)16)8-15(10(3)4)11(14)5/h7-10H,1-6H3. The van der Waals surface area contributed by atoms with E-state index in [0.717, 1.165) is 5.56 Å². The Morgan fingerprint density at radius 3 is 1.62 bits per heavy atom. The maximum atomic E-state index is 11.5. The van der Waals surface area contributed by atoms with Gasteiger partial charge in [-0.2, -0.15) is 0 Å². The van der Waals surface area contributed by atoms with Crippen molar-refractivity contribution in [2.24, 2.45) is 0 Å². The lowest BCUT2D eigenvalue weighted by molar-refractivity contribution is 0.101. The van der Waals surface area contributed by atoms with Crippen molar-refractivity contribution >= 4 is 5.78 Å². The highest BCUT2D eigenvalue weighted by atomic mass is 16.1. The van der Waals surface area contributed by atoms with E-state index in [1.54, 1.807) is 6.92 Å². The van der Waals surface area contributed by atoms with Crippen molar-refractivity contribution in [1.29, 1.82) is 0 Å². The Labute approximate surface area is 98.9 Å². The van der Waals surface area contributed by atoms with Crippen molar-refractivity contribution in [3.05, 3.63) is 34.4 Å². The molecule has 0 radical (unpaired) electrons. The molecular formula is C15H22O. The lowest BCUT2D eigenvalue weighted by Crippen LogP contribution is -2.04. The highest BCUT2D eigenvalue weighted by Gasteiger charge is 2.13. The van der Waals surface area contributed by atoms with E-state index in [-0.39, 0.29) is 5.78 Å². The van der Waals surface area contributed by atoms with Crippen LogP contribution in [0, 0.1) is 6.92 Å². The normalized spacial score (nSPS) is 11.2. The number of ketones is 1. The summed E-state index contributed by atoms with van der Waals surface area (Å²) in [5.41, 5.74) is 4.79. The number of hydrogen-bond donors (Lipinski definition) is 0. The summed E-state index contributed by atoms with van der Waals surface area (Å²) < 4.78 is 0. The van der Waals surface area contributed by atoms with Gasteiger partial charge < -0.3 is 0 Å². The first-order valence-corrected chi connectivity index (χ1v) is 6.00. The summed E-state index contributed by atoms with van der Waals surface area (Å²) >= 11 is 0. The zero-order valence-electron chi connectivity index (χ0n) is 11.2. The van der Waals surface area contributed by atoms with Gasteiger partial charge in [0.05, 0.1) is 0 Å². The number of carbonyl (C=O) groups is 1. The summed E-state index contributed by atoms with van der Waals surface area (Å²) in [6, 6.07) is 4.10. The summed E-state index contributed by atoms with van der Waals surface area (Å²) in [6.07, 6.45) is 0. The van der Waals surface area contributed by atoms with E-state index in [9.17, 15) is 4.79 Å². The van der Waals surface area contributed by atoms with E-state index in [4.69, 9.17) is 0 Å². The van der Waals surface area contributed by atoms with E-state index >= 15 is 0 Å². The molecule has 1 rings (SSSR count). The maximum absolute atomic E-state index is 11.5. The molecule has 1 heteroatoms. The summed E-state index contributed by atoms with van der Waals surface area (Å²) in [7, 11) is 0. The van der Waals surface area contributed by atoms with Crippen LogP contribution in [0.25, 0.3) is 0 Å². The number of benzene rings is 1. The Kier molecular flexibility index (Phi) is 3.90. The molecule has 0 unspecified atom stereocenters. The zero-order valence-corrected chi connectivity index (χ0v) is 11.2. The van der Waals surface area contributed by atoms with Crippen LogP contribution in [0.2, 0.25) is 0 Å². The van der Waals surface area contributed by atoms with Crippen LogP contribution in [-0.4, -0.2) is 5.78 Å². The van der Waals surface area contributed by atoms with Gasteiger partial charge in [0.15, 0.2) is 5.78 Å². The second-order valence-corrected chi connectivity index (χ2v) is 5.15. The van der Waals surface area contributed by atoms with E-state index < -0.39 is 0 Å². The predicted molar refractivity (Wildman–Crippen MR) is 69.4 cm³/mol. The quantitative estimate of drug-likeness (QED) is 0.685. The second-order valence-electron chi connectivity index (χ2n) is 5.15. The molecular weight excluding hydrogens is 196 g/mol. The Hall–Kier alpha value is -1.11. The van der Waals surface area contributed by atoms with Gasteiger partial charge in [0.25, 0.3) is 0 Å². The smallest absolute Gasteiger partial charge is 0.159 e. The van der Waals surface area contributed by atoms with Crippen LogP contribution in [0.1, 0.15) is 73.5 Å². The molecule has 0 aliphatic heterocycles. The average molecular weight is 218 g/mol. The highest BCUT2D eigenvalue weighted by Crippen LogP contribution is 2.28. The van der Waals surface area contributed by atoms with Gasteiger partial charge in [0, 0.05) is 5.56 Å². The minimum absolute atomic E-state index is 0.156. The minimum atomic E-state index is 0.156. The van der Waals surface area contributed by atoms with E-state index in [1.165, 1.54) is 16.7 Å². The summed E-state index contributed by atoms with van der Waals surface area (Å²) in [5, 5.41) is 0. The maximum Gasteiger partial charge on any atom is 0.159 e. The minimum Gasteiger partial charge on any atom is -0.295 e. The van der Waals surface area contributed by atoms with Gasteiger partial charge in [0.1, 0.15) is 0 Å². The summed E-state index contributed by atoms with van der Waals surface area (Å²) in [5.74, 6) is 1.09. The molecule has 0 amide bonds. The third-order valence-electron chi connectivity index (χ3n) is 3.14. The third-order valence-corrected chi connectivity index (χ3v) is 3.14. The first-order chi connectivity index (χ1) is 7.34. The molecule has 0 bridgehead atoms. The van der Waals surface area contributed by atoms with Crippen molar-refractivity contribution in [3.8, 4) is 0 Å². The Bertz CT molecular complexity index is 371. The molecule has 0 aliphatic rings. The number of rotatable bonds is 3. The second kappa shape index (κ2) is 4.82. The Morgan fingerprint density at radius 1 is 1.00 bits per heavy atom. The fourth-order valence-corrected chi connectivity index (χ4v) is 2.16. The largest absolute Gasteiger partial charge is 0.295 e. The van der Waals surface area contributed by atoms with Crippen molar-refractivity contribution < 1.29 is 4.79 Å². The molecule has 0 aromatic heterocycles. The van der Waals surface area contributed by atoms with Crippen molar-refractivity contribution in [2.45, 2.75) is 53.4 Å². The first-order valence-electron chi connectivity index (χ1n) is 6.00. The monoisotopic (exact) mass is 218 g/mol. The molecule has 0 saturated heterocycles. The molecule has 0 N–H and O–H groups in total. The third kappa shape index (κ3) is 2.52. The average Bonchev–Trinajstić information content (AvgIpc) is 2.16. The van der Waals surface area contributed by atoms with Crippen molar-refractivity contribution in [1.82, 2.24) is 0 Å². The lowest BCUT2D eigenvalue weighted by atomic mass is 9.87. The molecule has 1 nitrogen and oxygen atoms in total. The van der Waals surface area contributed by atoms with Crippen LogP contribution in [0.15, 0.2) is 12.1 Å². The Balaban J connectivity index is 3.45. The topological polar surface area (TPSA) is 17.1 Å². The van der Waals surface area contributed by atoms with Gasteiger partial charge >= 0.3 is 0 Å². The molecule has 0 aliphatic carbocycles. The molecule has 0 atom stereocenters. The van der Waals surface area contributed by atoms with Gasteiger partial charge in [-0.25, -0.2) is 0 Å². The van der Waals surface area contributed by atoms with Gasteiger partial charge in [-0.1, -0.05) is 27.7 Å². The van der Waals surface area contributed by atoms with Gasteiger partial charge in [0.2, 0.25) is 0 Å². The van der Waals surface area contributed by atoms with Crippen LogP contribution < -0.4 is 0 Å². The van der Waals surface area contributed by atoms with Crippen molar-refractivity contribution in [2.75, 3.05) is 0 Å². The van der Waals surface area contributed by atoms with Crippen molar-refractivity contribution in [3.63, 3.8) is 0 Å². The lowest BCUT2D eigenvalue weighted by Gasteiger charge is -2.18. The van der Waals surface area contributed by atoms with Crippen LogP contribution in [-0.2, 0) is 0 Å². The van der Waals surface area contributed by atoms with Gasteiger partial charge in [-0.15, -0.1) is 0 Å². The molecule has 1 aromatic rings. The molecule has 0 spiro atoms. The van der Waals surface area contributed by atoms with Gasteiger partial charge in [-0.05, 0) is 54.5 Å². The van der Waals surface area contributed by atoms with Crippen LogP contribution >= 0.6 is 0 Å². The van der Waals surface area contributed by atoms with Crippen LogP contribution in [0.3, 0.4) is 0 Å². The zero-order chi connectivity index (χ0) is 12.5. The molecule has 0 heterocycles. The number of carbonyl (C=O) groups excluding carboxylic acids is 1. The van der Waals surface area contributed by atoms with Crippen LogP contribution in [0.5, 0.6) is 0 Å². The fourth-order valence-electron chi connectivity index (χ4n) is 2.16. The molecule has 0 fully saturated rings. The molecule has 0 saturated carbocycles. The molecule has 88 valence electrons. The SMILES string of the molecule is CC(=O)c1cc(C(C)C)c(C)c(C(C)C)c1. The van der Waals surface area contributed by atoms with Crippen LogP contribution in [0.4, 0.5) is 0 Å². The number of Topliss-reactive ketones (excluding diaryl/α,β-unsaturated/α-hetero) is 1.